The van der Waals surface area contributed by atoms with Gasteiger partial charge in [0, 0.05) is 21.7 Å². The minimum Gasteiger partial charge on any atom is -0.326 e. The van der Waals surface area contributed by atoms with Crippen molar-refractivity contribution in [3.63, 3.8) is 0 Å². The fraction of sp³-hybridized carbons (Fsp3) is 0.263. The number of alkyl halides is 6. The maximum absolute atomic E-state index is 13.2. The number of anilines is 2. The van der Waals surface area contributed by atoms with Gasteiger partial charge in [0.05, 0.1) is 16.6 Å². The highest BCUT2D eigenvalue weighted by molar-refractivity contribution is 6.53. The monoisotopic (exact) mass is 550 g/mol. The Hall–Kier alpha value is -1.45. The second-order valence-corrected chi connectivity index (χ2v) is 9.62. The number of nitrogens with one attached hydrogen (secondary N) is 2. The van der Waals surface area contributed by atoms with Gasteiger partial charge in [0.1, 0.15) is 4.33 Å². The van der Waals surface area contributed by atoms with Crippen LogP contribution in [0.4, 0.5) is 28.9 Å². The molecule has 1 aliphatic carbocycles. The second-order valence-electron chi connectivity index (χ2n) is 6.89. The fourth-order valence-electron chi connectivity index (χ4n) is 3.05. The van der Waals surface area contributed by atoms with Gasteiger partial charge in [-0.25, -0.2) is 8.78 Å². The van der Waals surface area contributed by atoms with Crippen LogP contribution in [0.1, 0.15) is 11.5 Å². The highest BCUT2D eigenvalue weighted by Gasteiger charge is 2.67. The molecule has 2 N–H and O–H groups in total. The summed E-state index contributed by atoms with van der Waals surface area (Å²) in [6, 6.07) is 8.11. The molecule has 172 valence electrons. The van der Waals surface area contributed by atoms with Crippen LogP contribution in [0.3, 0.4) is 0 Å². The Labute approximate surface area is 204 Å². The summed E-state index contributed by atoms with van der Waals surface area (Å²) >= 11 is 30.3. The van der Waals surface area contributed by atoms with Crippen molar-refractivity contribution in [1.29, 1.82) is 0 Å². The molecule has 0 bridgehead atoms. The van der Waals surface area contributed by atoms with Gasteiger partial charge in [-0.1, -0.05) is 34.8 Å². The van der Waals surface area contributed by atoms with E-state index in [1.165, 1.54) is 18.2 Å². The van der Waals surface area contributed by atoms with Crippen molar-refractivity contribution in [2.45, 2.75) is 22.6 Å². The lowest BCUT2D eigenvalue weighted by Crippen LogP contribution is -2.41. The predicted molar refractivity (Wildman–Crippen MR) is 117 cm³/mol. The van der Waals surface area contributed by atoms with Crippen LogP contribution in [0.25, 0.3) is 0 Å². The summed E-state index contributed by atoms with van der Waals surface area (Å²) in [4.78, 5) is 24.2. The minimum absolute atomic E-state index is 0.0222. The molecule has 0 aliphatic heterocycles. The summed E-state index contributed by atoms with van der Waals surface area (Å²) in [6.45, 7) is 0. The van der Waals surface area contributed by atoms with Gasteiger partial charge in [0.15, 0.2) is 0 Å². The molecule has 0 saturated heterocycles. The van der Waals surface area contributed by atoms with E-state index >= 15 is 0 Å². The van der Waals surface area contributed by atoms with E-state index in [-0.39, 0.29) is 10.7 Å². The third-order valence-corrected chi connectivity index (χ3v) is 6.35. The van der Waals surface area contributed by atoms with Crippen LogP contribution in [0.5, 0.6) is 0 Å². The number of carbonyl (C=O) groups excluding carboxylic acids is 2. The Morgan fingerprint density at radius 1 is 0.969 bits per heavy atom. The first-order valence-electron chi connectivity index (χ1n) is 8.66. The lowest BCUT2D eigenvalue weighted by atomic mass is 10.1. The van der Waals surface area contributed by atoms with Crippen LogP contribution in [-0.2, 0) is 9.59 Å². The van der Waals surface area contributed by atoms with Crippen molar-refractivity contribution < 1.29 is 27.2 Å². The number of benzene rings is 2. The molecule has 2 aromatic carbocycles. The Balaban J connectivity index is 1.77. The molecule has 32 heavy (non-hydrogen) atoms. The average Bonchev–Trinajstić information content (AvgIpc) is 3.25. The molecule has 0 aromatic heterocycles. The Kier molecular flexibility index (Phi) is 7.13. The number of hydrogen-bond donors (Lipinski definition) is 2. The number of halogens is 9. The first-order chi connectivity index (χ1) is 14.7. The standard InChI is InChI=1S/C19H11Cl5F4N2O2/c20-8-3-7(4-9(21)5-8)13-14(18(13,23)24)15(31)29-10-1-2-11(22)12(6-10)30-17(32)19(27,28)16(25)26/h1-6,13-14,16H,(H,29,31)(H,30,32). The van der Waals surface area contributed by atoms with Gasteiger partial charge in [-0.15, -0.1) is 23.2 Å². The molecule has 2 amide bonds. The van der Waals surface area contributed by atoms with E-state index in [1.807, 2.05) is 0 Å². The predicted octanol–water partition coefficient (Wildman–Crippen LogP) is 7.01. The highest BCUT2D eigenvalue weighted by Crippen LogP contribution is 2.65. The molecule has 0 spiro atoms. The number of hydrogen-bond acceptors (Lipinski definition) is 2. The molecule has 2 unspecified atom stereocenters. The Morgan fingerprint density at radius 2 is 1.56 bits per heavy atom. The van der Waals surface area contributed by atoms with Crippen molar-refractivity contribution in [3.8, 4) is 0 Å². The van der Waals surface area contributed by atoms with Gasteiger partial charge >= 0.3 is 18.3 Å². The topological polar surface area (TPSA) is 58.2 Å². The molecule has 1 saturated carbocycles. The minimum atomic E-state index is -4.93. The van der Waals surface area contributed by atoms with Gasteiger partial charge in [-0.05, 0) is 42.0 Å². The molecular weight excluding hydrogens is 541 g/mol. The first kappa shape index (κ1) is 25.2. The van der Waals surface area contributed by atoms with E-state index in [0.717, 1.165) is 6.07 Å². The van der Waals surface area contributed by atoms with Crippen LogP contribution < -0.4 is 10.6 Å². The van der Waals surface area contributed by atoms with Crippen molar-refractivity contribution in [3.05, 3.63) is 57.0 Å². The molecule has 3 rings (SSSR count). The van der Waals surface area contributed by atoms with E-state index in [2.05, 4.69) is 5.32 Å². The molecule has 1 fully saturated rings. The van der Waals surface area contributed by atoms with Crippen LogP contribution in [0.15, 0.2) is 36.4 Å². The SMILES string of the molecule is O=C(Nc1ccc(Cl)c(NC(=O)C(F)(F)C(F)F)c1)C1C(c2cc(Cl)cc(Cl)c2)C1(Cl)Cl. The second kappa shape index (κ2) is 9.06. The zero-order valence-electron chi connectivity index (χ0n) is 15.4. The summed E-state index contributed by atoms with van der Waals surface area (Å²) in [6.07, 6.45) is -4.21. The van der Waals surface area contributed by atoms with Gasteiger partial charge in [-0.3, -0.25) is 9.59 Å². The van der Waals surface area contributed by atoms with E-state index in [0.29, 0.717) is 15.6 Å². The molecular formula is C19H11Cl5F4N2O2. The van der Waals surface area contributed by atoms with Crippen LogP contribution in [0.2, 0.25) is 15.1 Å². The smallest absolute Gasteiger partial charge is 0.326 e. The van der Waals surface area contributed by atoms with E-state index in [1.54, 1.807) is 17.4 Å². The molecule has 13 heteroatoms. The summed E-state index contributed by atoms with van der Waals surface area (Å²) in [5.74, 6) is -9.37. The highest BCUT2D eigenvalue weighted by atomic mass is 35.5. The fourth-order valence-corrected chi connectivity index (χ4v) is 4.58. The van der Waals surface area contributed by atoms with Crippen molar-refractivity contribution in [2.75, 3.05) is 10.6 Å². The zero-order valence-corrected chi connectivity index (χ0v) is 19.2. The van der Waals surface area contributed by atoms with Gasteiger partial charge in [0.2, 0.25) is 5.91 Å². The van der Waals surface area contributed by atoms with Crippen molar-refractivity contribution >= 4 is 81.2 Å². The Morgan fingerprint density at radius 3 is 2.12 bits per heavy atom. The molecule has 4 nitrogen and oxygen atoms in total. The first-order valence-corrected chi connectivity index (χ1v) is 10.6. The zero-order chi connectivity index (χ0) is 24.0. The largest absolute Gasteiger partial charge is 0.383 e. The van der Waals surface area contributed by atoms with E-state index < -0.39 is 46.0 Å². The van der Waals surface area contributed by atoms with Crippen LogP contribution >= 0.6 is 58.0 Å². The van der Waals surface area contributed by atoms with Crippen molar-refractivity contribution in [2.24, 2.45) is 5.92 Å². The molecule has 2 atom stereocenters. The Bertz CT molecular complexity index is 1060. The normalized spacial score (nSPS) is 19.6. The van der Waals surface area contributed by atoms with Gasteiger partial charge < -0.3 is 10.6 Å². The quantitative estimate of drug-likeness (QED) is 0.299. The maximum atomic E-state index is 13.2. The summed E-state index contributed by atoms with van der Waals surface area (Å²) in [7, 11) is 0. The lowest BCUT2D eigenvalue weighted by molar-refractivity contribution is -0.163. The third kappa shape index (κ3) is 5.04. The number of carbonyl (C=O) groups is 2. The van der Waals surface area contributed by atoms with E-state index in [9.17, 15) is 27.2 Å². The average molecular weight is 553 g/mol. The third-order valence-electron chi connectivity index (χ3n) is 4.64. The summed E-state index contributed by atoms with van der Waals surface area (Å²) in [5.41, 5.74) is 0.145. The number of rotatable bonds is 6. The van der Waals surface area contributed by atoms with Crippen LogP contribution in [0, 0.1) is 5.92 Å². The lowest BCUT2D eigenvalue weighted by Gasteiger charge is -2.16. The summed E-state index contributed by atoms with van der Waals surface area (Å²) < 4.78 is 49.7. The van der Waals surface area contributed by atoms with Crippen molar-refractivity contribution in [1.82, 2.24) is 0 Å². The molecule has 0 heterocycles. The molecule has 2 aromatic rings. The van der Waals surface area contributed by atoms with E-state index in [4.69, 9.17) is 58.0 Å². The summed E-state index contributed by atoms with van der Waals surface area (Å²) in [5, 5.41) is 4.51. The van der Waals surface area contributed by atoms with Crippen LogP contribution in [-0.4, -0.2) is 28.5 Å². The van der Waals surface area contributed by atoms with Gasteiger partial charge in [0.25, 0.3) is 0 Å². The van der Waals surface area contributed by atoms with Gasteiger partial charge in [-0.2, -0.15) is 8.78 Å². The number of amides is 2. The maximum Gasteiger partial charge on any atom is 0.383 e. The molecule has 1 aliphatic rings. The molecule has 0 radical (unpaired) electrons.